The van der Waals surface area contributed by atoms with Gasteiger partial charge in [-0.15, -0.1) is 0 Å². The molecule has 2 saturated heterocycles. The highest BCUT2D eigenvalue weighted by molar-refractivity contribution is 5.99. The number of fused-ring (bicyclic) bond motifs is 1. The lowest BCUT2D eigenvalue weighted by molar-refractivity contribution is 0.230. The fraction of sp³-hybridized carbons (Fsp3) is 0.583. The lowest BCUT2D eigenvalue weighted by atomic mass is 10.1. The van der Waals surface area contributed by atoms with Gasteiger partial charge >= 0.3 is 0 Å². The van der Waals surface area contributed by atoms with Crippen molar-refractivity contribution in [3.63, 3.8) is 0 Å². The second-order valence-corrected chi connectivity index (χ2v) is 4.99. The summed E-state index contributed by atoms with van der Waals surface area (Å²) in [6.45, 7) is 4.08. The Morgan fingerprint density at radius 3 is 3.00 bits per heavy atom. The molecule has 7 nitrogen and oxygen atoms in total. The molecule has 0 aromatic carbocycles. The molecule has 0 spiro atoms. The zero-order valence-corrected chi connectivity index (χ0v) is 10.7. The average molecular weight is 262 g/mol. The summed E-state index contributed by atoms with van der Waals surface area (Å²) in [5, 5.41) is 11.9. The van der Waals surface area contributed by atoms with Crippen molar-refractivity contribution in [1.82, 2.24) is 14.9 Å². The number of hydrogen-bond acceptors (Lipinski definition) is 6. The summed E-state index contributed by atoms with van der Waals surface area (Å²) < 4.78 is 0. The maximum absolute atomic E-state index is 8.83. The predicted molar refractivity (Wildman–Crippen MR) is 71.4 cm³/mol. The molecule has 3 N–H and O–H groups in total. The van der Waals surface area contributed by atoms with Gasteiger partial charge in [0.1, 0.15) is 0 Å². The second-order valence-electron chi connectivity index (χ2n) is 4.99. The first-order valence-electron chi connectivity index (χ1n) is 6.57. The molecule has 0 saturated carbocycles. The number of rotatable bonds is 2. The van der Waals surface area contributed by atoms with Gasteiger partial charge in [-0.05, 0) is 19.4 Å². The van der Waals surface area contributed by atoms with E-state index in [0.29, 0.717) is 17.6 Å². The van der Waals surface area contributed by atoms with Crippen molar-refractivity contribution in [3.8, 4) is 0 Å². The molecule has 7 heteroatoms. The van der Waals surface area contributed by atoms with Crippen molar-refractivity contribution >= 4 is 11.7 Å². The number of hydrogen-bond donors (Lipinski definition) is 2. The molecule has 3 heterocycles. The molecule has 2 aliphatic rings. The monoisotopic (exact) mass is 262 g/mol. The van der Waals surface area contributed by atoms with E-state index in [1.165, 1.54) is 19.4 Å². The molecule has 1 atom stereocenters. The molecule has 0 bridgehead atoms. The van der Waals surface area contributed by atoms with Gasteiger partial charge < -0.3 is 15.8 Å². The first-order valence-corrected chi connectivity index (χ1v) is 6.57. The van der Waals surface area contributed by atoms with Gasteiger partial charge in [-0.3, -0.25) is 4.90 Å². The number of oxime groups is 1. The molecule has 19 heavy (non-hydrogen) atoms. The molecule has 3 rings (SSSR count). The quantitative estimate of drug-likeness (QED) is 0.333. The third-order valence-electron chi connectivity index (χ3n) is 3.92. The molecule has 1 aromatic heterocycles. The van der Waals surface area contributed by atoms with Crippen LogP contribution < -0.4 is 10.6 Å². The summed E-state index contributed by atoms with van der Waals surface area (Å²) in [5.74, 6) is 0.723. The van der Waals surface area contributed by atoms with Crippen LogP contribution in [0.1, 0.15) is 18.5 Å². The van der Waals surface area contributed by atoms with Gasteiger partial charge in [0.05, 0.1) is 0 Å². The van der Waals surface area contributed by atoms with Crippen LogP contribution in [0.15, 0.2) is 17.5 Å². The van der Waals surface area contributed by atoms with Gasteiger partial charge in [-0.2, -0.15) is 0 Å². The van der Waals surface area contributed by atoms with E-state index in [-0.39, 0.29) is 5.84 Å². The van der Waals surface area contributed by atoms with Crippen molar-refractivity contribution in [2.45, 2.75) is 18.9 Å². The number of amidine groups is 1. The minimum atomic E-state index is 0.0111. The van der Waals surface area contributed by atoms with Crippen LogP contribution in [-0.4, -0.2) is 58.1 Å². The van der Waals surface area contributed by atoms with Crippen molar-refractivity contribution in [2.24, 2.45) is 10.9 Å². The van der Waals surface area contributed by atoms with E-state index in [0.717, 1.165) is 19.6 Å². The molecular weight excluding hydrogens is 244 g/mol. The largest absolute Gasteiger partial charge is 0.409 e. The van der Waals surface area contributed by atoms with Crippen LogP contribution in [0.2, 0.25) is 0 Å². The first-order chi connectivity index (χ1) is 9.29. The van der Waals surface area contributed by atoms with Crippen LogP contribution in [0, 0.1) is 0 Å². The van der Waals surface area contributed by atoms with Crippen LogP contribution in [-0.2, 0) is 0 Å². The van der Waals surface area contributed by atoms with Crippen LogP contribution in [0.3, 0.4) is 0 Å². The maximum Gasteiger partial charge on any atom is 0.192 e. The van der Waals surface area contributed by atoms with E-state index < -0.39 is 0 Å². The molecule has 2 fully saturated rings. The van der Waals surface area contributed by atoms with Crippen LogP contribution in [0.4, 0.5) is 5.82 Å². The average Bonchev–Trinajstić information content (AvgIpc) is 2.93. The van der Waals surface area contributed by atoms with Gasteiger partial charge in [-0.25, -0.2) is 9.97 Å². The summed E-state index contributed by atoms with van der Waals surface area (Å²) in [7, 11) is 0. The Balaban J connectivity index is 1.86. The first kappa shape index (κ1) is 12.2. The fourth-order valence-electron chi connectivity index (χ4n) is 2.97. The SMILES string of the molecule is NC(=NO)c1nccnc1N1CCN2CCCC2C1. The molecule has 102 valence electrons. The van der Waals surface area contributed by atoms with Crippen molar-refractivity contribution < 1.29 is 5.21 Å². The molecule has 1 unspecified atom stereocenters. The van der Waals surface area contributed by atoms with E-state index in [9.17, 15) is 0 Å². The van der Waals surface area contributed by atoms with Gasteiger partial charge in [0.2, 0.25) is 0 Å². The third-order valence-corrected chi connectivity index (χ3v) is 3.92. The molecular formula is C12H18N6O. The maximum atomic E-state index is 8.83. The number of nitrogens with two attached hydrogens (primary N) is 1. The third kappa shape index (κ3) is 2.21. The van der Waals surface area contributed by atoms with Crippen LogP contribution >= 0.6 is 0 Å². The van der Waals surface area contributed by atoms with Crippen molar-refractivity contribution in [3.05, 3.63) is 18.1 Å². The summed E-state index contributed by atoms with van der Waals surface area (Å²) in [4.78, 5) is 13.2. The molecule has 0 radical (unpaired) electrons. The zero-order valence-electron chi connectivity index (χ0n) is 10.7. The second kappa shape index (κ2) is 5.00. The summed E-state index contributed by atoms with van der Waals surface area (Å²) in [6, 6.07) is 0.593. The van der Waals surface area contributed by atoms with Crippen molar-refractivity contribution in [1.29, 1.82) is 0 Å². The van der Waals surface area contributed by atoms with E-state index in [1.54, 1.807) is 12.4 Å². The van der Waals surface area contributed by atoms with Gasteiger partial charge in [0, 0.05) is 38.1 Å². The molecule has 1 aromatic rings. The highest BCUT2D eigenvalue weighted by Crippen LogP contribution is 2.25. The molecule has 2 aliphatic heterocycles. The zero-order chi connectivity index (χ0) is 13.2. The van der Waals surface area contributed by atoms with Crippen LogP contribution in [0.25, 0.3) is 0 Å². The summed E-state index contributed by atoms with van der Waals surface area (Å²) in [6.07, 6.45) is 5.70. The molecule has 0 aliphatic carbocycles. The normalized spacial score (nSPS) is 24.5. The number of aromatic nitrogens is 2. The van der Waals surface area contributed by atoms with Gasteiger partial charge in [-0.1, -0.05) is 5.16 Å². The fourth-order valence-corrected chi connectivity index (χ4v) is 2.97. The highest BCUT2D eigenvalue weighted by Gasteiger charge is 2.32. The number of anilines is 1. The number of nitrogens with zero attached hydrogens (tertiary/aromatic N) is 5. The molecule has 0 amide bonds. The lowest BCUT2D eigenvalue weighted by Gasteiger charge is -2.38. The summed E-state index contributed by atoms with van der Waals surface area (Å²) >= 11 is 0. The minimum Gasteiger partial charge on any atom is -0.409 e. The number of piperazine rings is 1. The van der Waals surface area contributed by atoms with Crippen LogP contribution in [0.5, 0.6) is 0 Å². The Hall–Kier alpha value is -1.89. The predicted octanol–water partition coefficient (Wildman–Crippen LogP) is -0.145. The topological polar surface area (TPSA) is 90.9 Å². The Labute approximate surface area is 111 Å². The Bertz CT molecular complexity index is 491. The van der Waals surface area contributed by atoms with E-state index in [2.05, 4.69) is 24.9 Å². The van der Waals surface area contributed by atoms with E-state index in [1.807, 2.05) is 0 Å². The summed E-state index contributed by atoms with van der Waals surface area (Å²) in [5.41, 5.74) is 6.12. The minimum absolute atomic E-state index is 0.0111. The van der Waals surface area contributed by atoms with Gasteiger partial charge in [0.15, 0.2) is 17.3 Å². The van der Waals surface area contributed by atoms with E-state index >= 15 is 0 Å². The highest BCUT2D eigenvalue weighted by atomic mass is 16.4. The lowest BCUT2D eigenvalue weighted by Crippen LogP contribution is -2.51. The Morgan fingerprint density at radius 1 is 1.32 bits per heavy atom. The smallest absolute Gasteiger partial charge is 0.192 e. The Morgan fingerprint density at radius 2 is 2.16 bits per heavy atom. The Kier molecular flexibility index (Phi) is 3.20. The van der Waals surface area contributed by atoms with E-state index in [4.69, 9.17) is 10.9 Å². The van der Waals surface area contributed by atoms with Crippen molar-refractivity contribution in [2.75, 3.05) is 31.1 Å². The standard InChI is InChI=1S/C12H18N6O/c13-11(16-19)10-12(15-4-3-14-10)18-7-6-17-5-1-2-9(17)8-18/h3-4,9,19H,1-2,5-8H2,(H2,13,16). The van der Waals surface area contributed by atoms with Gasteiger partial charge in [0.25, 0.3) is 0 Å².